The van der Waals surface area contributed by atoms with Gasteiger partial charge in [-0.25, -0.2) is 9.55 Å². The van der Waals surface area contributed by atoms with E-state index in [1.54, 1.807) is 42.2 Å². The average Bonchev–Trinajstić information content (AvgIpc) is 3.62. The van der Waals surface area contributed by atoms with Crippen molar-refractivity contribution in [3.05, 3.63) is 57.6 Å². The number of carboxylic acids is 1. The van der Waals surface area contributed by atoms with Crippen molar-refractivity contribution in [1.82, 2.24) is 30.7 Å². The summed E-state index contributed by atoms with van der Waals surface area (Å²) < 4.78 is 1.82. The number of hydrogen-bond donors (Lipinski definition) is 4. The third kappa shape index (κ3) is 5.92. The molecule has 16 nitrogen and oxygen atoms in total. The third-order valence-electron chi connectivity index (χ3n) is 6.41. The van der Waals surface area contributed by atoms with Crippen molar-refractivity contribution in [2.45, 2.75) is 24.9 Å². The van der Waals surface area contributed by atoms with E-state index in [0.717, 1.165) is 16.2 Å². The lowest BCUT2D eigenvalue weighted by molar-refractivity contribution is -0.689. The van der Waals surface area contributed by atoms with Crippen molar-refractivity contribution in [2.75, 3.05) is 18.1 Å². The molecule has 5 N–H and O–H groups in total. The number of oxime groups is 1. The van der Waals surface area contributed by atoms with Crippen LogP contribution in [0, 0.1) is 11.5 Å². The van der Waals surface area contributed by atoms with Crippen LogP contribution in [0.25, 0.3) is 11.3 Å². The van der Waals surface area contributed by atoms with Crippen LogP contribution in [-0.4, -0.2) is 73.3 Å². The first-order chi connectivity index (χ1) is 21.1. The molecule has 0 saturated carbocycles. The average molecular weight is 657 g/mol. The topological polar surface area (TPSA) is 235 Å². The number of rotatable bonds is 10. The molecule has 3 aromatic heterocycles. The number of nitrogens with one attached hydrogen (secondary N) is 3. The number of aromatic amines is 1. The van der Waals surface area contributed by atoms with E-state index in [4.69, 9.17) is 27.4 Å². The molecule has 1 fully saturated rings. The van der Waals surface area contributed by atoms with Crippen LogP contribution in [0.3, 0.4) is 0 Å². The summed E-state index contributed by atoms with van der Waals surface area (Å²) >= 11 is 8.38. The summed E-state index contributed by atoms with van der Waals surface area (Å²) in [6.07, 6.45) is 4.92. The van der Waals surface area contributed by atoms with E-state index >= 15 is 0 Å². The molecule has 1 saturated heterocycles. The van der Waals surface area contributed by atoms with Crippen molar-refractivity contribution >= 4 is 69.2 Å². The van der Waals surface area contributed by atoms with Gasteiger partial charge in [0.2, 0.25) is 0 Å². The number of hydrogen-bond acceptors (Lipinski definition) is 13. The van der Waals surface area contributed by atoms with Gasteiger partial charge < -0.3 is 25.8 Å². The first-order valence-electron chi connectivity index (χ1n) is 12.7. The quantitative estimate of drug-likeness (QED) is 0.0521. The molecule has 0 radical (unpaired) electrons. The number of aliphatic carboxylic acids is 1. The maximum Gasteiger partial charge on any atom is 0.282 e. The Bertz CT molecular complexity index is 1760. The number of pyridine rings is 1. The van der Waals surface area contributed by atoms with Crippen LogP contribution in [-0.2, 0) is 25.8 Å². The number of carbonyl (C=O) groups excluding carboxylic acids is 4. The van der Waals surface area contributed by atoms with E-state index in [1.165, 1.54) is 17.8 Å². The van der Waals surface area contributed by atoms with Crippen LogP contribution < -0.4 is 26.0 Å². The lowest BCUT2D eigenvalue weighted by atomic mass is 10.0. The first-order valence-corrected chi connectivity index (χ1v) is 14.9. The van der Waals surface area contributed by atoms with E-state index in [9.17, 15) is 24.3 Å². The van der Waals surface area contributed by atoms with Crippen molar-refractivity contribution in [3.63, 3.8) is 0 Å². The monoisotopic (exact) mass is 656 g/mol. The van der Waals surface area contributed by atoms with Gasteiger partial charge in [-0.2, -0.15) is 10.4 Å². The molecule has 0 aromatic carbocycles. The predicted molar refractivity (Wildman–Crippen MR) is 154 cm³/mol. The number of H-pyrrole nitrogens is 1. The Balaban J connectivity index is 1.30. The van der Waals surface area contributed by atoms with Gasteiger partial charge in [0.25, 0.3) is 17.7 Å². The Hall–Kier alpha value is -4.99. The Morgan fingerprint density at radius 1 is 1.39 bits per heavy atom. The molecule has 226 valence electrons. The smallest absolute Gasteiger partial charge is 0.282 e. The van der Waals surface area contributed by atoms with Gasteiger partial charge in [-0.15, -0.1) is 11.8 Å². The third-order valence-corrected chi connectivity index (χ3v) is 8.83. The summed E-state index contributed by atoms with van der Waals surface area (Å²) in [7, 11) is 0. The molecule has 2 aliphatic heterocycles. The van der Waals surface area contributed by atoms with Crippen LogP contribution in [0.15, 0.2) is 47.0 Å². The fourth-order valence-electron chi connectivity index (χ4n) is 4.45. The second-order valence-electron chi connectivity index (χ2n) is 9.12. The minimum atomic E-state index is -1.52. The molecule has 0 spiro atoms. The number of thioether (sulfide) groups is 1. The molecule has 0 aliphatic carbocycles. The Morgan fingerprint density at radius 3 is 2.77 bits per heavy atom. The number of carbonyl (C=O) groups is 4. The molecule has 2 atom stereocenters. The first kappa shape index (κ1) is 30.5. The number of nitrogen functional groups attached to an aromatic ring is 1. The maximum absolute atomic E-state index is 13.2. The number of carboxylic acid groups (broad SMARTS) is 1. The van der Waals surface area contributed by atoms with E-state index < -0.39 is 35.1 Å². The summed E-state index contributed by atoms with van der Waals surface area (Å²) in [5.74, 6) is -3.34. The highest BCUT2D eigenvalue weighted by Crippen LogP contribution is 2.40. The highest BCUT2D eigenvalue weighted by molar-refractivity contribution is 8.00. The number of fused-ring (bicyclic) bond motifs is 1. The lowest BCUT2D eigenvalue weighted by Crippen LogP contribution is -2.71. The summed E-state index contributed by atoms with van der Waals surface area (Å²) in [6, 6.07) is 3.86. The predicted octanol–water partition coefficient (Wildman–Crippen LogP) is -0.888. The highest BCUT2D eigenvalue weighted by Gasteiger charge is 2.53. The van der Waals surface area contributed by atoms with Crippen molar-refractivity contribution in [1.29, 1.82) is 5.26 Å². The largest absolute Gasteiger partial charge is 0.543 e. The standard InChI is InChI=1S/C25H21ClN10O6S2/c1-2-42-34-16(15-19(26)44-25(28)31-15)21(38)30-17-22(39)36-18(24(40)41)12(9-43-23(17)36)8-35-5-3-11(4-6-35)13-7-14(33-32-13)20(37)29-10-27/h3-7,17,23H,2,8-9H2,1H3,(H5,28,29,30,31,37,38,40,41)/b34-16-/t17-,23-/m1/s1. The number of anilines is 1. The van der Waals surface area contributed by atoms with Crippen LogP contribution >= 0.6 is 34.7 Å². The summed E-state index contributed by atoms with van der Waals surface area (Å²) in [5.41, 5.74) is 6.82. The van der Waals surface area contributed by atoms with Gasteiger partial charge in [-0.05, 0) is 13.0 Å². The van der Waals surface area contributed by atoms with Crippen LogP contribution in [0.1, 0.15) is 23.1 Å². The molecular weight excluding hydrogens is 636 g/mol. The summed E-state index contributed by atoms with van der Waals surface area (Å²) in [5, 5.41) is 35.2. The number of amides is 3. The molecular formula is C25H21ClN10O6S2. The molecule has 5 rings (SSSR count). The molecule has 0 unspecified atom stereocenters. The number of halogens is 1. The van der Waals surface area contributed by atoms with Crippen molar-refractivity contribution < 1.29 is 33.7 Å². The van der Waals surface area contributed by atoms with E-state index in [0.29, 0.717) is 16.8 Å². The van der Waals surface area contributed by atoms with Gasteiger partial charge in [-0.1, -0.05) is 28.1 Å². The number of aromatic nitrogens is 4. The molecule has 19 heteroatoms. The van der Waals surface area contributed by atoms with Gasteiger partial charge in [0.1, 0.15) is 33.7 Å². The van der Waals surface area contributed by atoms with Crippen molar-refractivity contribution in [3.8, 4) is 17.5 Å². The number of thiazole rings is 1. The number of nitriles is 1. The molecule has 3 amide bonds. The number of nitrogens with two attached hydrogens (primary N) is 1. The second-order valence-corrected chi connectivity index (χ2v) is 11.9. The van der Waals surface area contributed by atoms with E-state index in [2.05, 4.69) is 25.7 Å². The SMILES string of the molecule is CCO/N=C(\C(=O)N[C@@H]1C(=O)N2C(C(=O)[O-])=C(C[n+]3ccc(-c4cc(C(=O)NC#N)[nH]n4)cc3)CS[C@H]12)c1nc(N)sc1Cl. The highest BCUT2D eigenvalue weighted by atomic mass is 35.5. The van der Waals surface area contributed by atoms with Crippen LogP contribution in [0.5, 0.6) is 0 Å². The normalized spacial score (nSPS) is 17.8. The Morgan fingerprint density at radius 2 is 2.14 bits per heavy atom. The maximum atomic E-state index is 13.2. The minimum Gasteiger partial charge on any atom is -0.543 e. The fraction of sp³-hybridized carbons (Fsp3) is 0.240. The molecule has 3 aromatic rings. The van der Waals surface area contributed by atoms with Crippen molar-refractivity contribution in [2.24, 2.45) is 5.16 Å². The van der Waals surface area contributed by atoms with Crippen LogP contribution in [0.4, 0.5) is 5.13 Å². The van der Waals surface area contributed by atoms with Gasteiger partial charge in [0.05, 0.1) is 17.4 Å². The zero-order valence-corrected chi connectivity index (χ0v) is 25.0. The van der Waals surface area contributed by atoms with Crippen LogP contribution in [0.2, 0.25) is 4.34 Å². The van der Waals surface area contributed by atoms with Gasteiger partial charge in [-0.3, -0.25) is 29.7 Å². The van der Waals surface area contributed by atoms with Gasteiger partial charge in [0, 0.05) is 29.0 Å². The number of nitrogens with zero attached hydrogens (tertiary/aromatic N) is 6. The molecule has 2 aliphatic rings. The Labute approximate surface area is 261 Å². The molecule has 44 heavy (non-hydrogen) atoms. The zero-order valence-electron chi connectivity index (χ0n) is 22.6. The van der Waals surface area contributed by atoms with Gasteiger partial charge >= 0.3 is 0 Å². The summed E-state index contributed by atoms with van der Waals surface area (Å²) in [4.78, 5) is 60.5. The Kier molecular flexibility index (Phi) is 8.80. The van der Waals surface area contributed by atoms with Gasteiger partial charge in [0.15, 0.2) is 36.0 Å². The summed E-state index contributed by atoms with van der Waals surface area (Å²) in [6.45, 7) is 1.95. The lowest BCUT2D eigenvalue weighted by Gasteiger charge is -2.50. The second kappa shape index (κ2) is 12.7. The molecule has 5 heterocycles. The zero-order chi connectivity index (χ0) is 31.5. The fourth-order valence-corrected chi connectivity index (χ4v) is 6.71. The number of β-lactam (4-membered cyclic amide) rings is 1. The van der Waals surface area contributed by atoms with E-state index in [1.807, 2.05) is 5.32 Å². The molecule has 0 bridgehead atoms. The van der Waals surface area contributed by atoms with E-state index in [-0.39, 0.29) is 51.2 Å². The minimum absolute atomic E-state index is 0.00193.